The number of aryl methyl sites for hydroxylation is 1. The fourth-order valence-corrected chi connectivity index (χ4v) is 4.78. The van der Waals surface area contributed by atoms with E-state index in [1.54, 1.807) is 36.0 Å². The fourth-order valence-electron chi connectivity index (χ4n) is 3.35. The lowest BCUT2D eigenvalue weighted by Crippen LogP contribution is -2.54. The van der Waals surface area contributed by atoms with Gasteiger partial charge in [0.05, 0.1) is 5.69 Å². The van der Waals surface area contributed by atoms with Gasteiger partial charge in [0.1, 0.15) is 12.0 Å². The highest BCUT2D eigenvalue weighted by Gasteiger charge is 2.28. The molecule has 11 heteroatoms. The third kappa shape index (κ3) is 5.92. The van der Waals surface area contributed by atoms with Gasteiger partial charge in [-0.25, -0.2) is 8.42 Å². The van der Waals surface area contributed by atoms with E-state index in [-0.39, 0.29) is 11.3 Å². The standard InChI is InChI=1S/C19H28N6O4S/c1-20-19(21-8-3-5-10-23-9-4-2-6-18(23)26)24-11-13-25(14-12-24)30(27,28)16-17-7-15-29-22-17/h2,4,6-7,9,15H,3,5,8,10-14,16H2,1H3,(H,20,21). The number of nitrogens with one attached hydrogen (secondary N) is 1. The van der Waals surface area contributed by atoms with Gasteiger partial charge in [-0.2, -0.15) is 4.31 Å². The topological polar surface area (TPSA) is 113 Å². The molecule has 0 atom stereocenters. The molecule has 164 valence electrons. The molecule has 0 aromatic carbocycles. The predicted molar refractivity (Wildman–Crippen MR) is 114 cm³/mol. The lowest BCUT2D eigenvalue weighted by molar-refractivity contribution is 0.259. The molecule has 1 aliphatic heterocycles. The van der Waals surface area contributed by atoms with Crippen LogP contribution in [0.15, 0.2) is 51.0 Å². The molecular weight excluding hydrogens is 408 g/mol. The van der Waals surface area contributed by atoms with Gasteiger partial charge in [0.25, 0.3) is 0 Å². The molecule has 0 spiro atoms. The van der Waals surface area contributed by atoms with Crippen LogP contribution in [0, 0.1) is 0 Å². The average Bonchev–Trinajstić information content (AvgIpc) is 3.24. The highest BCUT2D eigenvalue weighted by atomic mass is 32.2. The fraction of sp³-hybridized carbons (Fsp3) is 0.526. The van der Waals surface area contributed by atoms with Crippen molar-refractivity contribution >= 4 is 16.0 Å². The third-order valence-electron chi connectivity index (χ3n) is 4.97. The maximum absolute atomic E-state index is 12.5. The second-order valence-corrected chi connectivity index (χ2v) is 9.02. The zero-order valence-electron chi connectivity index (χ0n) is 17.1. The normalized spacial score (nSPS) is 16.0. The molecule has 2 aromatic heterocycles. The van der Waals surface area contributed by atoms with Crippen molar-refractivity contribution in [2.75, 3.05) is 39.8 Å². The Hall–Kier alpha value is -2.66. The van der Waals surface area contributed by atoms with Gasteiger partial charge in [-0.15, -0.1) is 0 Å². The second-order valence-electron chi connectivity index (χ2n) is 7.05. The molecule has 1 fully saturated rings. The van der Waals surface area contributed by atoms with Crippen LogP contribution in [-0.2, 0) is 22.3 Å². The summed E-state index contributed by atoms with van der Waals surface area (Å²) in [5, 5.41) is 7.01. The number of hydrogen-bond donors (Lipinski definition) is 1. The zero-order valence-corrected chi connectivity index (χ0v) is 17.9. The Labute approximate surface area is 176 Å². The van der Waals surface area contributed by atoms with Crippen LogP contribution < -0.4 is 10.9 Å². The van der Waals surface area contributed by atoms with Crippen molar-refractivity contribution in [1.29, 1.82) is 0 Å². The van der Waals surface area contributed by atoms with E-state index in [0.29, 0.717) is 38.4 Å². The van der Waals surface area contributed by atoms with Crippen LogP contribution in [0.1, 0.15) is 18.5 Å². The Morgan fingerprint density at radius 1 is 1.20 bits per heavy atom. The first-order valence-corrected chi connectivity index (χ1v) is 11.6. The van der Waals surface area contributed by atoms with Gasteiger partial charge in [0.2, 0.25) is 15.6 Å². The highest BCUT2D eigenvalue weighted by molar-refractivity contribution is 7.88. The van der Waals surface area contributed by atoms with Crippen LogP contribution in [0.3, 0.4) is 0 Å². The Morgan fingerprint density at radius 2 is 2.00 bits per heavy atom. The molecule has 1 aliphatic rings. The van der Waals surface area contributed by atoms with Gasteiger partial charge < -0.3 is 19.3 Å². The van der Waals surface area contributed by atoms with Crippen molar-refractivity contribution in [3.8, 4) is 0 Å². The van der Waals surface area contributed by atoms with Gasteiger partial charge in [0, 0.05) is 64.6 Å². The zero-order chi connectivity index (χ0) is 21.4. The summed E-state index contributed by atoms with van der Waals surface area (Å²) in [6.07, 6.45) is 4.94. The number of nitrogens with zero attached hydrogens (tertiary/aromatic N) is 5. The minimum Gasteiger partial charge on any atom is -0.364 e. The van der Waals surface area contributed by atoms with Gasteiger partial charge in [-0.3, -0.25) is 9.79 Å². The van der Waals surface area contributed by atoms with Crippen molar-refractivity contribution in [2.45, 2.75) is 25.1 Å². The van der Waals surface area contributed by atoms with Gasteiger partial charge >= 0.3 is 0 Å². The van der Waals surface area contributed by atoms with E-state index in [0.717, 1.165) is 25.3 Å². The van der Waals surface area contributed by atoms with Crippen molar-refractivity contribution in [3.05, 3.63) is 52.8 Å². The number of guanidine groups is 1. The smallest absolute Gasteiger partial charge is 0.250 e. The number of sulfonamides is 1. The van der Waals surface area contributed by atoms with Crippen LogP contribution in [-0.4, -0.2) is 73.1 Å². The van der Waals surface area contributed by atoms with Gasteiger partial charge in [-0.1, -0.05) is 11.2 Å². The van der Waals surface area contributed by atoms with E-state index >= 15 is 0 Å². The molecule has 0 amide bonds. The first-order chi connectivity index (χ1) is 14.5. The lowest BCUT2D eigenvalue weighted by Gasteiger charge is -2.35. The van der Waals surface area contributed by atoms with Crippen molar-refractivity contribution < 1.29 is 12.9 Å². The second kappa shape index (κ2) is 10.4. The summed E-state index contributed by atoms with van der Waals surface area (Å²) < 4.78 is 33.0. The molecule has 0 radical (unpaired) electrons. The Balaban J connectivity index is 1.40. The molecule has 30 heavy (non-hydrogen) atoms. The molecule has 1 N–H and O–H groups in total. The van der Waals surface area contributed by atoms with Crippen LogP contribution in [0.2, 0.25) is 0 Å². The minimum absolute atomic E-state index is 0.0117. The van der Waals surface area contributed by atoms with Crippen LogP contribution >= 0.6 is 0 Å². The van der Waals surface area contributed by atoms with E-state index < -0.39 is 10.0 Å². The summed E-state index contributed by atoms with van der Waals surface area (Å²) in [4.78, 5) is 18.1. The number of unbranched alkanes of at least 4 members (excludes halogenated alkanes) is 1. The lowest BCUT2D eigenvalue weighted by atomic mass is 10.3. The number of aromatic nitrogens is 2. The Bertz CT molecular complexity index is 978. The molecule has 2 aromatic rings. The number of pyridine rings is 1. The molecule has 0 aliphatic carbocycles. The van der Waals surface area contributed by atoms with Crippen LogP contribution in [0.5, 0.6) is 0 Å². The van der Waals surface area contributed by atoms with Crippen molar-refractivity contribution in [3.63, 3.8) is 0 Å². The van der Waals surface area contributed by atoms with Crippen molar-refractivity contribution in [2.24, 2.45) is 4.99 Å². The first kappa shape index (κ1) is 22.0. The maximum Gasteiger partial charge on any atom is 0.250 e. The summed E-state index contributed by atoms with van der Waals surface area (Å²) in [6.45, 7) is 3.35. The van der Waals surface area contributed by atoms with E-state index in [2.05, 4.69) is 20.4 Å². The SMILES string of the molecule is CN=C(NCCCCn1ccccc1=O)N1CCN(S(=O)(=O)Cc2ccon2)CC1. The molecular formula is C19H28N6O4S. The number of rotatable bonds is 8. The van der Waals surface area contributed by atoms with Crippen LogP contribution in [0.4, 0.5) is 0 Å². The molecule has 0 bridgehead atoms. The Morgan fingerprint density at radius 3 is 2.67 bits per heavy atom. The number of hydrogen-bond acceptors (Lipinski definition) is 6. The molecule has 0 unspecified atom stereocenters. The van der Waals surface area contributed by atoms with E-state index in [1.807, 2.05) is 6.07 Å². The van der Waals surface area contributed by atoms with Crippen LogP contribution in [0.25, 0.3) is 0 Å². The summed E-state index contributed by atoms with van der Waals surface area (Å²) in [7, 11) is -1.70. The molecule has 3 rings (SSSR count). The number of piperazine rings is 1. The monoisotopic (exact) mass is 436 g/mol. The van der Waals surface area contributed by atoms with Gasteiger partial charge in [0.15, 0.2) is 5.96 Å². The summed E-state index contributed by atoms with van der Waals surface area (Å²) in [5.41, 5.74) is 0.422. The molecule has 0 saturated carbocycles. The molecule has 1 saturated heterocycles. The molecule has 10 nitrogen and oxygen atoms in total. The molecule has 3 heterocycles. The number of aliphatic imine (C=N–C) groups is 1. The van der Waals surface area contributed by atoms with Gasteiger partial charge in [-0.05, 0) is 18.9 Å². The summed E-state index contributed by atoms with van der Waals surface area (Å²) >= 11 is 0. The maximum atomic E-state index is 12.5. The highest BCUT2D eigenvalue weighted by Crippen LogP contribution is 2.12. The van der Waals surface area contributed by atoms with E-state index in [1.165, 1.54) is 10.6 Å². The summed E-state index contributed by atoms with van der Waals surface area (Å²) in [5.74, 6) is 0.612. The third-order valence-corrected chi connectivity index (χ3v) is 6.79. The van der Waals surface area contributed by atoms with E-state index in [9.17, 15) is 13.2 Å². The largest absolute Gasteiger partial charge is 0.364 e. The predicted octanol–water partition coefficient (Wildman–Crippen LogP) is 0.340. The quantitative estimate of drug-likeness (QED) is 0.361. The average molecular weight is 437 g/mol. The minimum atomic E-state index is -3.42. The Kier molecular flexibility index (Phi) is 7.63. The van der Waals surface area contributed by atoms with Crippen molar-refractivity contribution in [1.82, 2.24) is 24.2 Å². The first-order valence-electron chi connectivity index (χ1n) is 9.98. The van der Waals surface area contributed by atoms with E-state index in [4.69, 9.17) is 4.52 Å². The summed E-state index contributed by atoms with van der Waals surface area (Å²) in [6, 6.07) is 6.72.